The summed E-state index contributed by atoms with van der Waals surface area (Å²) >= 11 is 0. The van der Waals surface area contributed by atoms with Gasteiger partial charge in [-0.2, -0.15) is 0 Å². The lowest BCUT2D eigenvalue weighted by molar-refractivity contribution is -0.127. The van der Waals surface area contributed by atoms with Gasteiger partial charge in [0.1, 0.15) is 17.5 Å². The van der Waals surface area contributed by atoms with Gasteiger partial charge >= 0.3 is 0 Å². The van der Waals surface area contributed by atoms with Crippen molar-refractivity contribution in [3.63, 3.8) is 0 Å². The molecule has 0 aromatic heterocycles. The molecule has 1 saturated carbocycles. The maximum Gasteiger partial charge on any atom is 0.257 e. The zero-order chi connectivity index (χ0) is 19.4. The van der Waals surface area contributed by atoms with Crippen molar-refractivity contribution in [1.82, 2.24) is 10.2 Å². The summed E-state index contributed by atoms with van der Waals surface area (Å²) in [6, 6.07) is 6.50. The van der Waals surface area contributed by atoms with Crippen molar-refractivity contribution in [1.29, 1.82) is 0 Å². The van der Waals surface area contributed by atoms with Crippen LogP contribution in [-0.4, -0.2) is 48.7 Å². The van der Waals surface area contributed by atoms with Crippen LogP contribution in [0.5, 0.6) is 5.75 Å². The number of rotatable bonds is 5. The van der Waals surface area contributed by atoms with Crippen LogP contribution in [-0.2, 0) is 9.53 Å². The molecule has 1 spiro atoms. The van der Waals surface area contributed by atoms with Gasteiger partial charge in [0.05, 0.1) is 13.7 Å². The second-order valence-electron chi connectivity index (χ2n) is 7.65. The van der Waals surface area contributed by atoms with E-state index in [1.54, 1.807) is 36.3 Å². The molecule has 0 radical (unpaired) electrons. The summed E-state index contributed by atoms with van der Waals surface area (Å²) in [5.74, 6) is 0.932. The molecule has 148 valence electrons. The number of ether oxygens (including phenoxy) is 2. The van der Waals surface area contributed by atoms with Crippen molar-refractivity contribution in [3.05, 3.63) is 29.8 Å². The average molecular weight is 374 g/mol. The van der Waals surface area contributed by atoms with E-state index in [0.29, 0.717) is 23.8 Å². The van der Waals surface area contributed by atoms with Crippen molar-refractivity contribution in [2.45, 2.75) is 57.7 Å². The monoisotopic (exact) mass is 374 g/mol. The van der Waals surface area contributed by atoms with E-state index >= 15 is 0 Å². The van der Waals surface area contributed by atoms with Crippen molar-refractivity contribution in [2.75, 3.05) is 20.3 Å². The molecule has 0 unspecified atom stereocenters. The fourth-order valence-corrected chi connectivity index (χ4v) is 4.04. The first-order valence-corrected chi connectivity index (χ1v) is 9.90. The highest BCUT2D eigenvalue weighted by Crippen LogP contribution is 2.43. The smallest absolute Gasteiger partial charge is 0.257 e. The second-order valence-corrected chi connectivity index (χ2v) is 7.65. The molecule has 6 heteroatoms. The third-order valence-electron chi connectivity index (χ3n) is 5.70. The van der Waals surface area contributed by atoms with Gasteiger partial charge in [-0.1, -0.05) is 19.9 Å². The number of nitrogens with zero attached hydrogens (tertiary/aromatic N) is 1. The minimum absolute atomic E-state index is 0.136. The molecule has 1 heterocycles. The molecule has 1 N–H and O–H groups in total. The predicted molar refractivity (Wildman–Crippen MR) is 103 cm³/mol. The first-order chi connectivity index (χ1) is 13.0. The van der Waals surface area contributed by atoms with Crippen molar-refractivity contribution in [2.24, 2.45) is 5.92 Å². The standard InChI is InChI=1S/C21H30N2O4/c1-4-12-22-19(24)18-14-27-21(10-8-15(2)9-11-21)23(18)20(25)16-6-5-7-17(13-16)26-3/h5-7,13,15,18H,4,8-12,14H2,1-3H3,(H,22,24)/t15?,18-,21?/m1/s1. The normalized spacial score (nSPS) is 27.6. The van der Waals surface area contributed by atoms with Gasteiger partial charge in [-0.3, -0.25) is 14.5 Å². The number of benzene rings is 1. The molecule has 1 atom stereocenters. The van der Waals surface area contributed by atoms with E-state index in [9.17, 15) is 9.59 Å². The molecule has 1 aliphatic heterocycles. The van der Waals surface area contributed by atoms with E-state index in [0.717, 1.165) is 32.1 Å². The van der Waals surface area contributed by atoms with Crippen molar-refractivity contribution in [3.8, 4) is 5.75 Å². The van der Waals surface area contributed by atoms with Crippen molar-refractivity contribution < 1.29 is 19.1 Å². The summed E-state index contributed by atoms with van der Waals surface area (Å²) in [4.78, 5) is 27.9. The second kappa shape index (κ2) is 8.30. The Morgan fingerprint density at radius 3 is 2.74 bits per heavy atom. The van der Waals surface area contributed by atoms with Gasteiger partial charge in [-0.15, -0.1) is 0 Å². The first kappa shape index (κ1) is 19.7. The Labute approximate surface area is 161 Å². The third kappa shape index (κ3) is 3.95. The van der Waals surface area contributed by atoms with Crippen molar-refractivity contribution >= 4 is 11.8 Å². The molecular weight excluding hydrogens is 344 g/mol. The third-order valence-corrected chi connectivity index (χ3v) is 5.70. The van der Waals surface area contributed by atoms with E-state index in [1.165, 1.54) is 0 Å². The fourth-order valence-electron chi connectivity index (χ4n) is 4.04. The Morgan fingerprint density at radius 2 is 2.07 bits per heavy atom. The summed E-state index contributed by atoms with van der Waals surface area (Å²) in [5, 5.41) is 2.93. The lowest BCUT2D eigenvalue weighted by atomic mass is 9.83. The van der Waals surface area contributed by atoms with Crippen LogP contribution in [0.1, 0.15) is 56.3 Å². The average Bonchev–Trinajstić information content (AvgIpc) is 3.07. The molecular formula is C21H30N2O4. The van der Waals surface area contributed by atoms with Crippen LogP contribution >= 0.6 is 0 Å². The number of methoxy groups -OCH3 is 1. The van der Waals surface area contributed by atoms with Gasteiger partial charge in [-0.05, 0) is 56.2 Å². The minimum atomic E-state index is -0.680. The molecule has 2 aliphatic rings. The van der Waals surface area contributed by atoms with Gasteiger partial charge < -0.3 is 14.8 Å². The zero-order valence-electron chi connectivity index (χ0n) is 16.5. The maximum absolute atomic E-state index is 13.5. The maximum atomic E-state index is 13.5. The number of carbonyl (C=O) groups excluding carboxylic acids is 2. The van der Waals surface area contributed by atoms with Crippen LogP contribution in [0.3, 0.4) is 0 Å². The van der Waals surface area contributed by atoms with Crippen LogP contribution in [0.4, 0.5) is 0 Å². The number of nitrogens with one attached hydrogen (secondary N) is 1. The highest BCUT2D eigenvalue weighted by Gasteiger charge is 2.53. The summed E-state index contributed by atoms with van der Waals surface area (Å²) in [6.45, 7) is 5.08. The van der Waals surface area contributed by atoms with E-state index in [4.69, 9.17) is 9.47 Å². The topological polar surface area (TPSA) is 67.9 Å². The molecule has 3 rings (SSSR count). The lowest BCUT2D eigenvalue weighted by Crippen LogP contribution is -2.56. The highest BCUT2D eigenvalue weighted by atomic mass is 16.5. The van der Waals surface area contributed by atoms with Crippen LogP contribution in [0.25, 0.3) is 0 Å². The molecule has 1 aromatic rings. The number of carbonyl (C=O) groups is 2. The zero-order valence-corrected chi connectivity index (χ0v) is 16.5. The van der Waals surface area contributed by atoms with E-state index in [1.807, 2.05) is 6.92 Å². The Kier molecular flexibility index (Phi) is 6.05. The van der Waals surface area contributed by atoms with Crippen LogP contribution in [0.2, 0.25) is 0 Å². The molecule has 2 amide bonds. The van der Waals surface area contributed by atoms with Crippen LogP contribution in [0, 0.1) is 5.92 Å². The number of hydrogen-bond acceptors (Lipinski definition) is 4. The summed E-state index contributed by atoms with van der Waals surface area (Å²) < 4.78 is 11.4. The van der Waals surface area contributed by atoms with E-state index in [2.05, 4.69) is 12.2 Å². The largest absolute Gasteiger partial charge is 0.497 e. The summed E-state index contributed by atoms with van der Waals surface area (Å²) in [5.41, 5.74) is -0.160. The molecule has 6 nitrogen and oxygen atoms in total. The van der Waals surface area contributed by atoms with Gasteiger partial charge in [0.15, 0.2) is 0 Å². The SMILES string of the molecule is CCCNC(=O)[C@H]1COC2(CCC(C)CC2)N1C(=O)c1cccc(OC)c1. The molecule has 1 saturated heterocycles. The van der Waals surface area contributed by atoms with Crippen LogP contribution in [0.15, 0.2) is 24.3 Å². The highest BCUT2D eigenvalue weighted by molar-refractivity contribution is 5.98. The predicted octanol–water partition coefficient (Wildman–Crippen LogP) is 2.97. The minimum Gasteiger partial charge on any atom is -0.497 e. The van der Waals surface area contributed by atoms with E-state index < -0.39 is 11.8 Å². The van der Waals surface area contributed by atoms with Gasteiger partial charge in [0.25, 0.3) is 5.91 Å². The molecule has 0 bridgehead atoms. The van der Waals surface area contributed by atoms with Gasteiger partial charge in [0.2, 0.25) is 5.91 Å². The fraction of sp³-hybridized carbons (Fsp3) is 0.619. The van der Waals surface area contributed by atoms with Crippen LogP contribution < -0.4 is 10.1 Å². The summed E-state index contributed by atoms with van der Waals surface area (Å²) in [7, 11) is 1.58. The summed E-state index contributed by atoms with van der Waals surface area (Å²) in [6.07, 6.45) is 4.37. The Morgan fingerprint density at radius 1 is 1.33 bits per heavy atom. The number of hydrogen-bond donors (Lipinski definition) is 1. The molecule has 1 aliphatic carbocycles. The molecule has 2 fully saturated rings. The van der Waals surface area contributed by atoms with E-state index in [-0.39, 0.29) is 18.4 Å². The Bertz CT molecular complexity index is 683. The Hall–Kier alpha value is -2.08. The Balaban J connectivity index is 1.92. The lowest BCUT2D eigenvalue weighted by Gasteiger charge is -2.43. The first-order valence-electron chi connectivity index (χ1n) is 9.90. The quantitative estimate of drug-likeness (QED) is 0.860. The van der Waals surface area contributed by atoms with Gasteiger partial charge in [0, 0.05) is 12.1 Å². The molecule has 27 heavy (non-hydrogen) atoms. The number of amides is 2. The van der Waals surface area contributed by atoms with Gasteiger partial charge in [-0.25, -0.2) is 0 Å². The molecule has 1 aromatic carbocycles.